The second kappa shape index (κ2) is 8.23. The van der Waals surface area contributed by atoms with Gasteiger partial charge in [0, 0.05) is 29.3 Å². The summed E-state index contributed by atoms with van der Waals surface area (Å²) in [4.78, 5) is 15.2. The van der Waals surface area contributed by atoms with Crippen LogP contribution in [0.5, 0.6) is 0 Å². The predicted molar refractivity (Wildman–Crippen MR) is 108 cm³/mol. The highest BCUT2D eigenvalue weighted by atomic mass is 79.9. The Labute approximate surface area is 163 Å². The summed E-state index contributed by atoms with van der Waals surface area (Å²) in [6, 6.07) is 18.6. The van der Waals surface area contributed by atoms with E-state index in [1.165, 1.54) is 5.56 Å². The van der Waals surface area contributed by atoms with Crippen molar-refractivity contribution in [3.05, 3.63) is 64.6 Å². The lowest BCUT2D eigenvalue weighted by Crippen LogP contribution is -2.49. The van der Waals surface area contributed by atoms with Crippen LogP contribution in [0, 0.1) is 0 Å². The Morgan fingerprint density at radius 3 is 2.73 bits per heavy atom. The number of rotatable bonds is 6. The number of hydrogen-bond donors (Lipinski definition) is 1. The number of nitrogens with zero attached hydrogens (tertiary/aromatic N) is 1. The Morgan fingerprint density at radius 2 is 2.04 bits per heavy atom. The lowest BCUT2D eigenvalue weighted by atomic mass is 9.95. The Hall–Kier alpha value is -1.85. The molecule has 0 spiro atoms. The van der Waals surface area contributed by atoms with Gasteiger partial charge in [-0.2, -0.15) is 0 Å². The van der Waals surface area contributed by atoms with Crippen molar-refractivity contribution in [2.75, 3.05) is 18.5 Å². The van der Waals surface area contributed by atoms with Gasteiger partial charge in [-0.15, -0.1) is 0 Å². The highest BCUT2D eigenvalue weighted by Gasteiger charge is 2.49. The third kappa shape index (κ3) is 4.27. The molecule has 26 heavy (non-hydrogen) atoms. The molecule has 0 amide bonds. The normalized spacial score (nSPS) is 23.0. The van der Waals surface area contributed by atoms with Crippen LogP contribution < -0.4 is 5.32 Å². The number of halogens is 1. The molecule has 1 aliphatic heterocycles. The van der Waals surface area contributed by atoms with Gasteiger partial charge < -0.3 is 10.1 Å². The Kier molecular flexibility index (Phi) is 5.99. The summed E-state index contributed by atoms with van der Waals surface area (Å²) in [7, 11) is 0. The van der Waals surface area contributed by atoms with Crippen molar-refractivity contribution in [2.45, 2.75) is 38.4 Å². The first-order valence-corrected chi connectivity index (χ1v) is 9.80. The smallest absolute Gasteiger partial charge is 0.333 e. The van der Waals surface area contributed by atoms with Crippen LogP contribution in [-0.2, 0) is 16.1 Å². The number of carbonyl (C=O) groups excluding carboxylic acids is 1. The lowest BCUT2D eigenvalue weighted by Gasteiger charge is -2.29. The molecule has 0 aliphatic carbocycles. The quantitative estimate of drug-likeness (QED) is 0.705. The standard InChI is InChI=1S/C21H25BrN2O2/c1-3-26-20(25)21(23-19-11-7-10-18(22)12-19)13-16(2)24(15-21)14-17-8-5-4-6-9-17/h4-12,16,23H,3,13-15H2,1-2H3. The van der Waals surface area contributed by atoms with E-state index in [1.54, 1.807) is 0 Å². The lowest BCUT2D eigenvalue weighted by molar-refractivity contribution is -0.148. The third-order valence-electron chi connectivity index (χ3n) is 4.84. The van der Waals surface area contributed by atoms with Gasteiger partial charge in [0.25, 0.3) is 0 Å². The zero-order valence-corrected chi connectivity index (χ0v) is 16.8. The fourth-order valence-electron chi connectivity index (χ4n) is 3.63. The molecule has 1 saturated heterocycles. The largest absolute Gasteiger partial charge is 0.464 e. The van der Waals surface area contributed by atoms with Gasteiger partial charge in [-0.05, 0) is 44.0 Å². The SMILES string of the molecule is CCOC(=O)C1(Nc2cccc(Br)c2)CC(C)N(Cc2ccccc2)C1. The van der Waals surface area contributed by atoms with Gasteiger partial charge >= 0.3 is 5.97 Å². The third-order valence-corrected chi connectivity index (χ3v) is 5.34. The molecule has 0 radical (unpaired) electrons. The maximum atomic E-state index is 12.9. The maximum absolute atomic E-state index is 12.9. The van der Waals surface area contributed by atoms with Crippen molar-refractivity contribution in [2.24, 2.45) is 0 Å². The van der Waals surface area contributed by atoms with Crippen molar-refractivity contribution < 1.29 is 9.53 Å². The van der Waals surface area contributed by atoms with E-state index < -0.39 is 5.54 Å². The molecule has 4 nitrogen and oxygen atoms in total. The summed E-state index contributed by atoms with van der Waals surface area (Å²) in [5.74, 6) is -0.178. The molecule has 0 aromatic heterocycles. The van der Waals surface area contributed by atoms with Gasteiger partial charge in [0.05, 0.1) is 6.61 Å². The predicted octanol–water partition coefficient (Wildman–Crippen LogP) is 4.46. The number of anilines is 1. The van der Waals surface area contributed by atoms with E-state index in [1.807, 2.05) is 37.3 Å². The van der Waals surface area contributed by atoms with Crippen LogP contribution in [0.2, 0.25) is 0 Å². The number of carbonyl (C=O) groups is 1. The summed E-state index contributed by atoms with van der Waals surface area (Å²) in [6.07, 6.45) is 0.713. The molecule has 2 atom stereocenters. The molecule has 1 fully saturated rings. The van der Waals surface area contributed by atoms with Crippen LogP contribution in [0.1, 0.15) is 25.8 Å². The van der Waals surface area contributed by atoms with E-state index >= 15 is 0 Å². The van der Waals surface area contributed by atoms with E-state index in [0.29, 0.717) is 19.6 Å². The van der Waals surface area contributed by atoms with Crippen molar-refractivity contribution in [3.63, 3.8) is 0 Å². The zero-order chi connectivity index (χ0) is 18.6. The molecule has 2 unspecified atom stereocenters. The average Bonchev–Trinajstić information content (AvgIpc) is 2.92. The van der Waals surface area contributed by atoms with E-state index in [2.05, 4.69) is 57.3 Å². The summed E-state index contributed by atoms with van der Waals surface area (Å²) >= 11 is 3.50. The number of benzene rings is 2. The van der Waals surface area contributed by atoms with Gasteiger partial charge in [-0.25, -0.2) is 4.79 Å². The minimum Gasteiger partial charge on any atom is -0.464 e. The van der Waals surface area contributed by atoms with Gasteiger partial charge in [0.15, 0.2) is 0 Å². The van der Waals surface area contributed by atoms with Crippen molar-refractivity contribution in [3.8, 4) is 0 Å². The molecule has 0 bridgehead atoms. The van der Waals surface area contributed by atoms with Crippen LogP contribution in [0.3, 0.4) is 0 Å². The molecule has 138 valence electrons. The number of nitrogens with one attached hydrogen (secondary N) is 1. The first-order valence-electron chi connectivity index (χ1n) is 9.01. The van der Waals surface area contributed by atoms with E-state index in [0.717, 1.165) is 16.7 Å². The highest BCUT2D eigenvalue weighted by molar-refractivity contribution is 9.10. The van der Waals surface area contributed by atoms with Crippen molar-refractivity contribution in [1.29, 1.82) is 0 Å². The maximum Gasteiger partial charge on any atom is 0.333 e. The van der Waals surface area contributed by atoms with Gasteiger partial charge in [0.2, 0.25) is 0 Å². The second-order valence-corrected chi connectivity index (χ2v) is 7.80. The van der Waals surface area contributed by atoms with Gasteiger partial charge in [-0.1, -0.05) is 52.3 Å². The summed E-state index contributed by atoms with van der Waals surface area (Å²) in [6.45, 7) is 5.85. The number of ether oxygens (including phenoxy) is 1. The summed E-state index contributed by atoms with van der Waals surface area (Å²) < 4.78 is 6.42. The first kappa shape index (κ1) is 18.9. The van der Waals surface area contributed by atoms with Crippen LogP contribution >= 0.6 is 15.9 Å². The van der Waals surface area contributed by atoms with E-state index in [4.69, 9.17) is 4.74 Å². The highest BCUT2D eigenvalue weighted by Crippen LogP contribution is 2.33. The topological polar surface area (TPSA) is 41.6 Å². The molecule has 1 aliphatic rings. The molecule has 1 heterocycles. The van der Waals surface area contributed by atoms with Crippen LogP contribution in [-0.4, -0.2) is 35.6 Å². The zero-order valence-electron chi connectivity index (χ0n) is 15.2. The first-order chi connectivity index (χ1) is 12.5. The van der Waals surface area contributed by atoms with Crippen molar-refractivity contribution in [1.82, 2.24) is 4.90 Å². The van der Waals surface area contributed by atoms with Crippen LogP contribution in [0.15, 0.2) is 59.1 Å². The minimum atomic E-state index is -0.731. The molecule has 2 aromatic rings. The Balaban J connectivity index is 1.83. The van der Waals surface area contributed by atoms with E-state index in [9.17, 15) is 4.79 Å². The number of hydrogen-bond acceptors (Lipinski definition) is 4. The monoisotopic (exact) mass is 416 g/mol. The fraction of sp³-hybridized carbons (Fsp3) is 0.381. The summed E-state index contributed by atoms with van der Waals surface area (Å²) in [5, 5.41) is 3.48. The molecule has 2 aromatic carbocycles. The second-order valence-electron chi connectivity index (χ2n) is 6.88. The van der Waals surface area contributed by atoms with Gasteiger partial charge in [-0.3, -0.25) is 4.90 Å². The fourth-order valence-corrected chi connectivity index (χ4v) is 4.03. The van der Waals surface area contributed by atoms with E-state index in [-0.39, 0.29) is 12.0 Å². The number of likely N-dealkylation sites (tertiary alicyclic amines) is 1. The van der Waals surface area contributed by atoms with Crippen molar-refractivity contribution >= 4 is 27.6 Å². The number of esters is 1. The molecule has 0 saturated carbocycles. The average molecular weight is 417 g/mol. The molecule has 1 N–H and O–H groups in total. The minimum absolute atomic E-state index is 0.178. The van der Waals surface area contributed by atoms with Crippen LogP contribution in [0.25, 0.3) is 0 Å². The molecule has 5 heteroatoms. The molecule has 3 rings (SSSR count). The van der Waals surface area contributed by atoms with Crippen LogP contribution in [0.4, 0.5) is 5.69 Å². The Bertz CT molecular complexity index is 753. The molecular weight excluding hydrogens is 392 g/mol. The molecular formula is C21H25BrN2O2. The summed E-state index contributed by atoms with van der Waals surface area (Å²) in [5.41, 5.74) is 1.44. The van der Waals surface area contributed by atoms with Gasteiger partial charge in [0.1, 0.15) is 5.54 Å². The Morgan fingerprint density at radius 1 is 1.27 bits per heavy atom.